The average Bonchev–Trinajstić information content (AvgIpc) is 1.80. The van der Waals surface area contributed by atoms with E-state index < -0.39 is 6.16 Å². The normalized spacial score (nSPS) is 9.00. The van der Waals surface area contributed by atoms with Crippen molar-refractivity contribution < 1.29 is 24.1 Å². The molecule has 0 atom stereocenters. The van der Waals surface area contributed by atoms with Crippen LogP contribution in [0.3, 0.4) is 0 Å². The number of hydrogen-bond acceptors (Lipinski definition) is 4. The van der Waals surface area contributed by atoms with Gasteiger partial charge < -0.3 is 14.2 Å². The molecule has 0 aromatic rings. The molecule has 0 heterocycles. The van der Waals surface area contributed by atoms with Gasteiger partial charge in [-0.15, -0.1) is 0 Å². The van der Waals surface area contributed by atoms with Crippen LogP contribution in [0.15, 0.2) is 0 Å². The Labute approximate surface area is 52.1 Å². The molecule has 0 N–H and O–H groups in total. The van der Waals surface area contributed by atoms with Crippen molar-refractivity contribution in [1.82, 2.24) is 0 Å². The summed E-state index contributed by atoms with van der Waals surface area (Å²) in [6, 6.07) is 0. The van der Waals surface area contributed by atoms with Crippen molar-refractivity contribution in [3.05, 3.63) is 0 Å². The first-order valence-corrected chi connectivity index (χ1v) is 2.18. The molecule has 5 nitrogen and oxygen atoms in total. The second kappa shape index (κ2) is 5.33. The Morgan fingerprint density at radius 2 is 2.11 bits per heavy atom. The summed E-state index contributed by atoms with van der Waals surface area (Å²) in [5, 5.41) is 9.51. The minimum absolute atomic E-state index is 0.00722. The van der Waals surface area contributed by atoms with E-state index in [0.29, 0.717) is 0 Å². The summed E-state index contributed by atoms with van der Waals surface area (Å²) < 4.78 is 12.7. The van der Waals surface area contributed by atoms with Crippen LogP contribution in [0, 0.1) is 0 Å². The van der Waals surface area contributed by atoms with Crippen LogP contribution in [0.2, 0.25) is 0 Å². The minimum Gasteiger partial charge on any atom is -0.404 e. The summed E-state index contributed by atoms with van der Waals surface area (Å²) in [6.07, 6.45) is -1.61. The Hall–Kier alpha value is -0.810. The maximum absolute atomic E-state index is 9.51. The van der Waals surface area contributed by atoms with Crippen molar-refractivity contribution in [2.45, 2.75) is 0 Å². The molecule has 0 aliphatic heterocycles. The summed E-state index contributed by atoms with van der Waals surface area (Å²) in [5.41, 5.74) is 0. The Kier molecular flexibility index (Phi) is 4.85. The van der Waals surface area contributed by atoms with Crippen molar-refractivity contribution in [2.75, 3.05) is 20.7 Å². The van der Waals surface area contributed by atoms with Gasteiger partial charge in [-0.1, -0.05) is 0 Å². The van der Waals surface area contributed by atoms with E-state index in [1.165, 1.54) is 7.11 Å². The SMILES string of the molecule is COCOCOC([O])=O. The fourth-order valence-electron chi connectivity index (χ4n) is 0.207. The number of methoxy groups -OCH3 is 1. The summed E-state index contributed by atoms with van der Waals surface area (Å²) >= 11 is 0. The highest BCUT2D eigenvalue weighted by Crippen LogP contribution is 1.79. The van der Waals surface area contributed by atoms with Gasteiger partial charge in [0.15, 0.2) is 6.79 Å². The van der Waals surface area contributed by atoms with Gasteiger partial charge in [0.25, 0.3) is 0 Å². The molecule has 0 aliphatic rings. The van der Waals surface area contributed by atoms with E-state index in [2.05, 4.69) is 14.2 Å². The molecule has 0 aromatic carbocycles. The maximum Gasteiger partial charge on any atom is 0.552 e. The van der Waals surface area contributed by atoms with Gasteiger partial charge in [-0.25, -0.2) is 0 Å². The monoisotopic (exact) mass is 135 g/mol. The van der Waals surface area contributed by atoms with Gasteiger partial charge in [0.05, 0.1) is 0 Å². The van der Waals surface area contributed by atoms with Crippen molar-refractivity contribution >= 4 is 6.16 Å². The van der Waals surface area contributed by atoms with Crippen LogP contribution < -0.4 is 0 Å². The van der Waals surface area contributed by atoms with E-state index >= 15 is 0 Å². The van der Waals surface area contributed by atoms with Crippen molar-refractivity contribution in [3.63, 3.8) is 0 Å². The topological polar surface area (TPSA) is 64.7 Å². The summed E-state index contributed by atoms with van der Waals surface area (Å²) in [5.74, 6) is 0. The molecule has 0 bridgehead atoms. The van der Waals surface area contributed by atoms with Gasteiger partial charge in [-0.2, -0.15) is 9.90 Å². The highest BCUT2D eigenvalue weighted by molar-refractivity contribution is 5.55. The predicted molar refractivity (Wildman–Crippen MR) is 25.0 cm³/mol. The highest BCUT2D eigenvalue weighted by Gasteiger charge is 1.96. The second-order valence-electron chi connectivity index (χ2n) is 1.12. The third-order valence-corrected chi connectivity index (χ3v) is 0.461. The predicted octanol–water partition coefficient (Wildman–Crippen LogP) is 0.132. The van der Waals surface area contributed by atoms with Crippen LogP contribution in [-0.4, -0.2) is 26.9 Å². The molecule has 53 valence electrons. The lowest BCUT2D eigenvalue weighted by atomic mass is 11.2. The molecular weight excluding hydrogens is 128 g/mol. The summed E-state index contributed by atoms with van der Waals surface area (Å²) in [7, 11) is 1.42. The van der Waals surface area contributed by atoms with Gasteiger partial charge in [0.2, 0.25) is 0 Å². The Morgan fingerprint density at radius 3 is 2.56 bits per heavy atom. The zero-order chi connectivity index (χ0) is 7.11. The quantitative estimate of drug-likeness (QED) is 0.312. The molecule has 0 saturated heterocycles. The maximum atomic E-state index is 9.51. The average molecular weight is 135 g/mol. The number of rotatable bonds is 4. The minimum atomic E-state index is -1.61. The first-order valence-electron chi connectivity index (χ1n) is 2.18. The Bertz CT molecular complexity index is 81.0. The molecule has 0 amide bonds. The molecule has 0 aliphatic carbocycles. The van der Waals surface area contributed by atoms with Crippen LogP contribution in [0.25, 0.3) is 0 Å². The Balaban J connectivity index is 2.83. The molecule has 9 heavy (non-hydrogen) atoms. The molecule has 0 unspecified atom stereocenters. The third-order valence-electron chi connectivity index (χ3n) is 0.461. The first kappa shape index (κ1) is 8.19. The van der Waals surface area contributed by atoms with Crippen molar-refractivity contribution in [3.8, 4) is 0 Å². The van der Waals surface area contributed by atoms with Crippen LogP contribution in [0.4, 0.5) is 4.79 Å². The van der Waals surface area contributed by atoms with Gasteiger partial charge in [0.1, 0.15) is 6.79 Å². The third kappa shape index (κ3) is 7.19. The fraction of sp³-hybridized carbons (Fsp3) is 0.750. The van der Waals surface area contributed by atoms with E-state index in [-0.39, 0.29) is 13.6 Å². The molecule has 0 fully saturated rings. The lowest BCUT2D eigenvalue weighted by Crippen LogP contribution is -2.05. The van der Waals surface area contributed by atoms with Gasteiger partial charge in [-0.05, 0) is 0 Å². The zero-order valence-corrected chi connectivity index (χ0v) is 4.96. The van der Waals surface area contributed by atoms with E-state index in [4.69, 9.17) is 0 Å². The van der Waals surface area contributed by atoms with Crippen LogP contribution >= 0.6 is 0 Å². The number of ether oxygens (including phenoxy) is 3. The van der Waals surface area contributed by atoms with Crippen LogP contribution in [0.1, 0.15) is 0 Å². The van der Waals surface area contributed by atoms with E-state index in [9.17, 15) is 9.90 Å². The molecule has 0 rings (SSSR count). The first-order chi connectivity index (χ1) is 4.27. The fourth-order valence-corrected chi connectivity index (χ4v) is 0.207. The largest absolute Gasteiger partial charge is 0.552 e. The second-order valence-corrected chi connectivity index (χ2v) is 1.12. The van der Waals surface area contributed by atoms with Crippen molar-refractivity contribution in [2.24, 2.45) is 0 Å². The number of carbonyl (C=O) groups excluding carboxylic acids is 1. The van der Waals surface area contributed by atoms with Crippen LogP contribution in [-0.2, 0) is 19.3 Å². The lowest BCUT2D eigenvalue weighted by Gasteiger charge is -1.98. The summed E-state index contributed by atoms with van der Waals surface area (Å²) in [6.45, 7) is -0.344. The number of hydrogen-bond donors (Lipinski definition) is 0. The van der Waals surface area contributed by atoms with E-state index in [1.807, 2.05) is 0 Å². The Morgan fingerprint density at radius 1 is 1.44 bits per heavy atom. The summed E-state index contributed by atoms with van der Waals surface area (Å²) in [4.78, 5) is 9.51. The standard InChI is InChI=1S/C4H7O5/c1-7-2-8-3-9-4(5)6/h2-3H2,1H3. The molecular formula is C4H7O5. The number of carbonyl (C=O) groups is 1. The van der Waals surface area contributed by atoms with Crippen LogP contribution in [0.5, 0.6) is 0 Å². The molecule has 0 aromatic heterocycles. The van der Waals surface area contributed by atoms with E-state index in [0.717, 1.165) is 0 Å². The van der Waals surface area contributed by atoms with E-state index in [1.54, 1.807) is 0 Å². The molecule has 0 saturated carbocycles. The molecule has 1 radical (unpaired) electrons. The van der Waals surface area contributed by atoms with Crippen molar-refractivity contribution in [1.29, 1.82) is 0 Å². The lowest BCUT2D eigenvalue weighted by molar-refractivity contribution is -0.107. The smallest absolute Gasteiger partial charge is 0.404 e. The highest BCUT2D eigenvalue weighted by atomic mass is 16.8. The zero-order valence-electron chi connectivity index (χ0n) is 4.96. The van der Waals surface area contributed by atoms with Gasteiger partial charge in [0, 0.05) is 7.11 Å². The molecule has 0 spiro atoms. The van der Waals surface area contributed by atoms with Gasteiger partial charge >= 0.3 is 6.16 Å². The molecule has 5 heteroatoms. The van der Waals surface area contributed by atoms with Gasteiger partial charge in [-0.3, -0.25) is 0 Å².